The summed E-state index contributed by atoms with van der Waals surface area (Å²) < 4.78 is 0. The van der Waals surface area contributed by atoms with Gasteiger partial charge in [-0.15, -0.1) is 0 Å². The highest BCUT2D eigenvalue weighted by molar-refractivity contribution is 7.99. The van der Waals surface area contributed by atoms with E-state index in [1.54, 1.807) is 0 Å². The van der Waals surface area contributed by atoms with Crippen molar-refractivity contribution in [2.45, 2.75) is 50.4 Å². The van der Waals surface area contributed by atoms with Crippen LogP contribution in [-0.2, 0) is 0 Å². The molecule has 0 aromatic heterocycles. The lowest BCUT2D eigenvalue weighted by Gasteiger charge is -2.12. The lowest BCUT2D eigenvalue weighted by Crippen LogP contribution is -2.15. The van der Waals surface area contributed by atoms with E-state index < -0.39 is 0 Å². The summed E-state index contributed by atoms with van der Waals surface area (Å²) >= 11 is 1.97. The van der Waals surface area contributed by atoms with Crippen LogP contribution in [0.1, 0.15) is 39.0 Å². The fourth-order valence-electron chi connectivity index (χ4n) is 1.48. The van der Waals surface area contributed by atoms with E-state index in [0.29, 0.717) is 5.25 Å². The molecule has 0 radical (unpaired) electrons. The molecule has 1 fully saturated rings. The predicted octanol–water partition coefficient (Wildman–Crippen LogP) is 2.43. The smallest absolute Gasteiger partial charge is 0.0658 e. The Morgan fingerprint density at radius 2 is 2.27 bits per heavy atom. The maximum Gasteiger partial charge on any atom is 0.0658 e. The molecular weight excluding hydrogens is 156 g/mol. The highest BCUT2D eigenvalue weighted by Crippen LogP contribution is 2.30. The van der Waals surface area contributed by atoms with Gasteiger partial charge < -0.3 is 5.11 Å². The van der Waals surface area contributed by atoms with Gasteiger partial charge in [0, 0.05) is 5.25 Å². The van der Waals surface area contributed by atoms with Gasteiger partial charge in [0.1, 0.15) is 0 Å². The largest absolute Gasteiger partial charge is 0.392 e. The zero-order chi connectivity index (χ0) is 8.10. The molecule has 1 nitrogen and oxygen atoms in total. The SMILES string of the molecule is CCCCS[C@H]1CCC[C@@H]1O. The molecule has 0 aliphatic heterocycles. The molecule has 0 unspecified atom stereocenters. The number of aliphatic hydroxyl groups is 1. The zero-order valence-corrected chi connectivity index (χ0v) is 8.07. The van der Waals surface area contributed by atoms with Crippen LogP contribution in [0.3, 0.4) is 0 Å². The standard InChI is InChI=1S/C9H18OS/c1-2-3-7-11-9-6-4-5-8(9)10/h8-10H,2-7H2,1H3/t8-,9-/m0/s1. The second kappa shape index (κ2) is 5.04. The molecule has 1 saturated carbocycles. The molecule has 0 amide bonds. The van der Waals surface area contributed by atoms with Gasteiger partial charge in [-0.1, -0.05) is 13.3 Å². The lowest BCUT2D eigenvalue weighted by atomic mass is 10.3. The Kier molecular flexibility index (Phi) is 4.31. The molecule has 2 heteroatoms. The first-order valence-corrected chi connectivity index (χ1v) is 5.69. The van der Waals surface area contributed by atoms with Crippen molar-refractivity contribution in [3.63, 3.8) is 0 Å². The lowest BCUT2D eigenvalue weighted by molar-refractivity contribution is 0.188. The first-order valence-electron chi connectivity index (χ1n) is 4.64. The van der Waals surface area contributed by atoms with Crippen molar-refractivity contribution >= 4 is 11.8 Å². The molecule has 0 aromatic rings. The Hall–Kier alpha value is 0.310. The summed E-state index contributed by atoms with van der Waals surface area (Å²) in [6.45, 7) is 2.21. The number of aliphatic hydroxyl groups excluding tert-OH is 1. The maximum absolute atomic E-state index is 9.47. The third-order valence-electron chi connectivity index (χ3n) is 2.25. The maximum atomic E-state index is 9.47. The van der Waals surface area contributed by atoms with Crippen molar-refractivity contribution in [3.8, 4) is 0 Å². The van der Waals surface area contributed by atoms with Crippen molar-refractivity contribution in [2.75, 3.05) is 5.75 Å². The minimum absolute atomic E-state index is 0.00291. The Bertz CT molecular complexity index is 106. The van der Waals surface area contributed by atoms with Gasteiger partial charge >= 0.3 is 0 Å². The molecular formula is C9H18OS. The molecule has 0 spiro atoms. The van der Waals surface area contributed by atoms with Gasteiger partial charge in [0.2, 0.25) is 0 Å². The number of hydrogen-bond acceptors (Lipinski definition) is 2. The highest BCUT2D eigenvalue weighted by Gasteiger charge is 2.24. The molecule has 11 heavy (non-hydrogen) atoms. The molecule has 0 aromatic carbocycles. The first-order chi connectivity index (χ1) is 5.34. The van der Waals surface area contributed by atoms with Gasteiger partial charge in [0.25, 0.3) is 0 Å². The fraction of sp³-hybridized carbons (Fsp3) is 1.00. The van der Waals surface area contributed by atoms with Crippen molar-refractivity contribution in [1.82, 2.24) is 0 Å². The van der Waals surface area contributed by atoms with E-state index in [2.05, 4.69) is 6.92 Å². The molecule has 0 saturated heterocycles. The Labute approximate surface area is 73.6 Å². The number of rotatable bonds is 4. The van der Waals surface area contributed by atoms with Crippen LogP contribution in [-0.4, -0.2) is 22.2 Å². The van der Waals surface area contributed by atoms with Crippen molar-refractivity contribution in [3.05, 3.63) is 0 Å². The first kappa shape index (κ1) is 9.40. The van der Waals surface area contributed by atoms with Crippen LogP contribution in [0.5, 0.6) is 0 Å². The van der Waals surface area contributed by atoms with Crippen molar-refractivity contribution in [1.29, 1.82) is 0 Å². The predicted molar refractivity (Wildman–Crippen MR) is 51.0 cm³/mol. The monoisotopic (exact) mass is 174 g/mol. The van der Waals surface area contributed by atoms with Crippen LogP contribution in [0, 0.1) is 0 Å². The van der Waals surface area contributed by atoms with Crippen molar-refractivity contribution in [2.24, 2.45) is 0 Å². The molecule has 2 atom stereocenters. The Morgan fingerprint density at radius 3 is 2.82 bits per heavy atom. The van der Waals surface area contributed by atoms with Crippen LogP contribution < -0.4 is 0 Å². The quantitative estimate of drug-likeness (QED) is 0.661. The topological polar surface area (TPSA) is 20.2 Å². The van der Waals surface area contributed by atoms with E-state index in [0.717, 1.165) is 6.42 Å². The molecule has 0 bridgehead atoms. The van der Waals surface area contributed by atoms with Crippen LogP contribution in [0.4, 0.5) is 0 Å². The van der Waals surface area contributed by atoms with E-state index in [9.17, 15) is 5.11 Å². The normalized spacial score (nSPS) is 31.1. The summed E-state index contributed by atoms with van der Waals surface area (Å²) in [7, 11) is 0. The summed E-state index contributed by atoms with van der Waals surface area (Å²) in [4.78, 5) is 0. The summed E-state index contributed by atoms with van der Waals surface area (Å²) in [6.07, 6.45) is 6.06. The summed E-state index contributed by atoms with van der Waals surface area (Å²) in [5.41, 5.74) is 0. The molecule has 1 aliphatic rings. The highest BCUT2D eigenvalue weighted by atomic mass is 32.2. The summed E-state index contributed by atoms with van der Waals surface area (Å²) in [5, 5.41) is 10.0. The Morgan fingerprint density at radius 1 is 1.45 bits per heavy atom. The van der Waals surface area contributed by atoms with Gasteiger partial charge in [-0.25, -0.2) is 0 Å². The van der Waals surface area contributed by atoms with Gasteiger partial charge in [0.05, 0.1) is 6.10 Å². The van der Waals surface area contributed by atoms with Crippen molar-refractivity contribution < 1.29 is 5.11 Å². The van der Waals surface area contributed by atoms with Crippen LogP contribution in [0.25, 0.3) is 0 Å². The van der Waals surface area contributed by atoms with E-state index in [4.69, 9.17) is 0 Å². The molecule has 1 aliphatic carbocycles. The van der Waals surface area contributed by atoms with Gasteiger partial charge in [0.15, 0.2) is 0 Å². The molecule has 1 rings (SSSR count). The second-order valence-corrected chi connectivity index (χ2v) is 4.61. The third-order valence-corrected chi connectivity index (χ3v) is 3.75. The summed E-state index contributed by atoms with van der Waals surface area (Å²) in [5.74, 6) is 1.23. The molecule has 0 heterocycles. The second-order valence-electron chi connectivity index (χ2n) is 3.26. The zero-order valence-electron chi connectivity index (χ0n) is 7.25. The van der Waals surface area contributed by atoms with Gasteiger partial charge in [-0.3, -0.25) is 0 Å². The average molecular weight is 174 g/mol. The number of hydrogen-bond donors (Lipinski definition) is 1. The Balaban J connectivity index is 2.05. The van der Waals surface area contributed by atoms with E-state index in [1.165, 1.54) is 31.4 Å². The van der Waals surface area contributed by atoms with Crippen LogP contribution in [0.15, 0.2) is 0 Å². The molecule has 1 N–H and O–H groups in total. The van der Waals surface area contributed by atoms with E-state index in [1.807, 2.05) is 11.8 Å². The average Bonchev–Trinajstić information content (AvgIpc) is 2.37. The fourth-order valence-corrected chi connectivity index (χ4v) is 2.93. The number of unbranched alkanes of at least 4 members (excludes halogenated alkanes) is 1. The van der Waals surface area contributed by atoms with Gasteiger partial charge in [-0.05, 0) is 31.4 Å². The van der Waals surface area contributed by atoms with E-state index in [-0.39, 0.29) is 6.10 Å². The van der Waals surface area contributed by atoms with Crippen LogP contribution in [0.2, 0.25) is 0 Å². The van der Waals surface area contributed by atoms with E-state index >= 15 is 0 Å². The molecule has 66 valence electrons. The summed E-state index contributed by atoms with van der Waals surface area (Å²) in [6, 6.07) is 0. The van der Waals surface area contributed by atoms with Gasteiger partial charge in [-0.2, -0.15) is 11.8 Å². The van der Waals surface area contributed by atoms with Crippen LogP contribution >= 0.6 is 11.8 Å². The minimum Gasteiger partial charge on any atom is -0.392 e. The number of thioether (sulfide) groups is 1. The third kappa shape index (κ3) is 3.04. The minimum atomic E-state index is -0.00291.